The molecule has 0 aliphatic rings. The monoisotopic (exact) mass is 348 g/mol. The van der Waals surface area contributed by atoms with Gasteiger partial charge in [-0.05, 0) is 56.3 Å². The minimum Gasteiger partial charge on any atom is -0.495 e. The number of methoxy groups -OCH3 is 1. The van der Waals surface area contributed by atoms with E-state index in [-0.39, 0.29) is 18.6 Å². The third-order valence-electron chi connectivity index (χ3n) is 3.11. The second kappa shape index (κ2) is 8.45. The highest BCUT2D eigenvalue weighted by atomic mass is 35.5. The van der Waals surface area contributed by atoms with Gasteiger partial charge < -0.3 is 20.1 Å². The molecule has 0 fully saturated rings. The fraction of sp³-hybridized carbons (Fsp3) is 0.278. The molecule has 0 saturated carbocycles. The topological polar surface area (TPSA) is 59.6 Å². The van der Waals surface area contributed by atoms with Crippen LogP contribution in [0, 0.1) is 0 Å². The maximum absolute atomic E-state index is 12.0. The van der Waals surface area contributed by atoms with Gasteiger partial charge in [0.1, 0.15) is 11.5 Å². The Morgan fingerprint density at radius 3 is 2.38 bits per heavy atom. The van der Waals surface area contributed by atoms with Crippen LogP contribution >= 0.6 is 11.6 Å². The van der Waals surface area contributed by atoms with Gasteiger partial charge in [-0.3, -0.25) is 4.79 Å². The van der Waals surface area contributed by atoms with E-state index in [9.17, 15) is 4.79 Å². The molecule has 0 saturated heterocycles. The number of benzene rings is 2. The zero-order valence-electron chi connectivity index (χ0n) is 13.9. The van der Waals surface area contributed by atoms with Gasteiger partial charge in [-0.15, -0.1) is 0 Å². The van der Waals surface area contributed by atoms with Gasteiger partial charge in [-0.25, -0.2) is 0 Å². The van der Waals surface area contributed by atoms with Crippen molar-refractivity contribution in [3.63, 3.8) is 0 Å². The minimum absolute atomic E-state index is 0.117. The summed E-state index contributed by atoms with van der Waals surface area (Å²) in [7, 11) is 1.55. The second-order valence-corrected chi connectivity index (χ2v) is 5.85. The number of hydrogen-bond acceptors (Lipinski definition) is 4. The predicted molar refractivity (Wildman–Crippen MR) is 97.3 cm³/mol. The summed E-state index contributed by atoms with van der Waals surface area (Å²) in [5.74, 6) is 1.21. The minimum atomic E-state index is -0.153. The van der Waals surface area contributed by atoms with E-state index in [1.165, 1.54) is 0 Å². The Balaban J connectivity index is 1.85. The van der Waals surface area contributed by atoms with Crippen molar-refractivity contribution in [2.75, 3.05) is 24.3 Å². The summed E-state index contributed by atoms with van der Waals surface area (Å²) < 4.78 is 10.7. The molecule has 2 aromatic carbocycles. The van der Waals surface area contributed by atoms with E-state index in [2.05, 4.69) is 10.6 Å². The SMILES string of the molecule is COc1ccc(NCC(=O)Nc2ccc(OC(C)C)cc2)cc1Cl. The third kappa shape index (κ3) is 5.35. The fourth-order valence-corrected chi connectivity index (χ4v) is 2.31. The van der Waals surface area contributed by atoms with E-state index in [1.54, 1.807) is 37.4 Å². The molecule has 24 heavy (non-hydrogen) atoms. The Morgan fingerprint density at radius 1 is 1.12 bits per heavy atom. The summed E-state index contributed by atoms with van der Waals surface area (Å²) in [5, 5.41) is 6.32. The molecule has 1 amide bonds. The Morgan fingerprint density at radius 2 is 1.79 bits per heavy atom. The highest BCUT2D eigenvalue weighted by Crippen LogP contribution is 2.27. The molecular weight excluding hydrogens is 328 g/mol. The van der Waals surface area contributed by atoms with Crippen LogP contribution in [0.15, 0.2) is 42.5 Å². The Bertz CT molecular complexity index is 687. The van der Waals surface area contributed by atoms with Crippen molar-refractivity contribution in [2.45, 2.75) is 20.0 Å². The van der Waals surface area contributed by atoms with Gasteiger partial charge in [0.25, 0.3) is 0 Å². The maximum atomic E-state index is 12.0. The lowest BCUT2D eigenvalue weighted by Crippen LogP contribution is -2.21. The van der Waals surface area contributed by atoms with Crippen molar-refractivity contribution in [1.29, 1.82) is 0 Å². The van der Waals surface area contributed by atoms with Crippen LogP contribution in [-0.4, -0.2) is 25.7 Å². The van der Waals surface area contributed by atoms with Crippen molar-refractivity contribution in [3.8, 4) is 11.5 Å². The van der Waals surface area contributed by atoms with Gasteiger partial charge in [-0.2, -0.15) is 0 Å². The number of hydrogen-bond donors (Lipinski definition) is 2. The number of nitrogens with one attached hydrogen (secondary N) is 2. The lowest BCUT2D eigenvalue weighted by atomic mass is 10.3. The van der Waals surface area contributed by atoms with E-state index in [0.717, 1.165) is 11.4 Å². The Hall–Kier alpha value is -2.40. The van der Waals surface area contributed by atoms with E-state index < -0.39 is 0 Å². The first-order valence-corrected chi connectivity index (χ1v) is 7.99. The van der Waals surface area contributed by atoms with Crippen LogP contribution in [0.2, 0.25) is 5.02 Å². The molecule has 0 aliphatic carbocycles. The lowest BCUT2D eigenvalue weighted by Gasteiger charge is -2.11. The lowest BCUT2D eigenvalue weighted by molar-refractivity contribution is -0.114. The van der Waals surface area contributed by atoms with Crippen LogP contribution in [0.5, 0.6) is 11.5 Å². The number of amides is 1. The van der Waals surface area contributed by atoms with Crippen LogP contribution in [0.4, 0.5) is 11.4 Å². The number of rotatable bonds is 7. The fourth-order valence-electron chi connectivity index (χ4n) is 2.05. The molecule has 0 atom stereocenters. The average molecular weight is 349 g/mol. The van der Waals surface area contributed by atoms with Gasteiger partial charge in [0, 0.05) is 11.4 Å². The van der Waals surface area contributed by atoms with Crippen molar-refractivity contribution >= 4 is 28.9 Å². The predicted octanol–water partition coefficient (Wildman–Crippen LogP) is 4.19. The highest BCUT2D eigenvalue weighted by molar-refractivity contribution is 6.32. The van der Waals surface area contributed by atoms with Gasteiger partial charge in [0.2, 0.25) is 5.91 Å². The summed E-state index contributed by atoms with van der Waals surface area (Å²) in [4.78, 5) is 12.0. The van der Waals surface area contributed by atoms with Crippen molar-refractivity contribution in [2.24, 2.45) is 0 Å². The molecule has 2 rings (SSSR count). The number of halogens is 1. The summed E-state index contributed by atoms with van der Waals surface area (Å²) in [6.07, 6.45) is 0.117. The third-order valence-corrected chi connectivity index (χ3v) is 3.41. The smallest absolute Gasteiger partial charge is 0.243 e. The highest BCUT2D eigenvalue weighted by Gasteiger charge is 2.05. The number of anilines is 2. The first-order valence-electron chi connectivity index (χ1n) is 7.62. The number of ether oxygens (including phenoxy) is 2. The summed E-state index contributed by atoms with van der Waals surface area (Å²) >= 11 is 6.05. The van der Waals surface area contributed by atoms with Crippen LogP contribution < -0.4 is 20.1 Å². The summed E-state index contributed by atoms with van der Waals surface area (Å²) in [5.41, 5.74) is 1.46. The molecule has 2 aromatic rings. The maximum Gasteiger partial charge on any atom is 0.243 e. The standard InChI is InChI=1S/C18H21ClN2O3/c1-12(2)24-15-7-4-13(5-8-15)21-18(22)11-20-14-6-9-17(23-3)16(19)10-14/h4-10,12,20H,11H2,1-3H3,(H,21,22). The van der Waals surface area contributed by atoms with Gasteiger partial charge in [-0.1, -0.05) is 11.6 Å². The van der Waals surface area contributed by atoms with Crippen molar-refractivity contribution in [3.05, 3.63) is 47.5 Å². The zero-order chi connectivity index (χ0) is 17.5. The zero-order valence-corrected chi connectivity index (χ0v) is 14.7. The largest absolute Gasteiger partial charge is 0.495 e. The molecule has 0 unspecified atom stereocenters. The number of carbonyl (C=O) groups excluding carboxylic acids is 1. The average Bonchev–Trinajstić information content (AvgIpc) is 2.54. The Labute approximate surface area is 146 Å². The van der Waals surface area contributed by atoms with Crippen molar-refractivity contribution < 1.29 is 14.3 Å². The molecule has 2 N–H and O–H groups in total. The van der Waals surface area contributed by atoms with Gasteiger partial charge in [0.15, 0.2) is 0 Å². The number of carbonyl (C=O) groups is 1. The molecule has 0 spiro atoms. The molecule has 0 heterocycles. The van der Waals surface area contributed by atoms with E-state index in [0.29, 0.717) is 16.5 Å². The normalized spacial score (nSPS) is 10.4. The molecule has 6 heteroatoms. The van der Waals surface area contributed by atoms with E-state index in [1.807, 2.05) is 26.0 Å². The van der Waals surface area contributed by atoms with E-state index in [4.69, 9.17) is 21.1 Å². The molecule has 0 radical (unpaired) electrons. The molecule has 0 bridgehead atoms. The molecule has 0 aliphatic heterocycles. The molecule has 128 valence electrons. The first kappa shape index (κ1) is 17.9. The van der Waals surface area contributed by atoms with Crippen molar-refractivity contribution in [1.82, 2.24) is 0 Å². The second-order valence-electron chi connectivity index (χ2n) is 5.44. The molecule has 0 aromatic heterocycles. The van der Waals surface area contributed by atoms with Crippen LogP contribution in [0.25, 0.3) is 0 Å². The Kier molecular flexibility index (Phi) is 6.32. The van der Waals surface area contributed by atoms with Gasteiger partial charge >= 0.3 is 0 Å². The van der Waals surface area contributed by atoms with Crippen LogP contribution in [0.1, 0.15) is 13.8 Å². The first-order chi connectivity index (χ1) is 11.5. The molecule has 5 nitrogen and oxygen atoms in total. The summed E-state index contributed by atoms with van der Waals surface area (Å²) in [6.45, 7) is 4.06. The molecular formula is C18H21ClN2O3. The quantitative estimate of drug-likeness (QED) is 0.787. The van der Waals surface area contributed by atoms with Crippen LogP contribution in [-0.2, 0) is 4.79 Å². The van der Waals surface area contributed by atoms with Crippen LogP contribution in [0.3, 0.4) is 0 Å². The summed E-state index contributed by atoms with van der Waals surface area (Å²) in [6, 6.07) is 12.5. The van der Waals surface area contributed by atoms with E-state index >= 15 is 0 Å². The van der Waals surface area contributed by atoms with Gasteiger partial charge in [0.05, 0.1) is 24.8 Å².